The van der Waals surface area contributed by atoms with Crippen molar-refractivity contribution in [1.29, 1.82) is 0 Å². The average molecular weight is 355 g/mol. The molecule has 0 aliphatic heterocycles. The molecule has 1 amide bonds. The summed E-state index contributed by atoms with van der Waals surface area (Å²) in [6.45, 7) is 0. The monoisotopic (exact) mass is 354 g/mol. The molecule has 2 aromatic rings. The zero-order chi connectivity index (χ0) is 17.7. The Morgan fingerprint density at radius 2 is 1.83 bits per heavy atom. The average Bonchev–Trinajstić information content (AvgIpc) is 2.47. The fraction of sp³-hybridized carbons (Fsp3) is 0.188. The molecule has 0 fully saturated rings. The van der Waals surface area contributed by atoms with E-state index in [4.69, 9.17) is 11.6 Å². The van der Waals surface area contributed by atoms with E-state index in [0.717, 1.165) is 12.1 Å². The molecule has 1 aromatic heterocycles. The van der Waals surface area contributed by atoms with Crippen LogP contribution in [0.1, 0.15) is 11.1 Å². The number of amides is 1. The molecular weight excluding hydrogens is 342 g/mol. The minimum absolute atomic E-state index is 0.00273. The van der Waals surface area contributed by atoms with Crippen molar-refractivity contribution in [1.82, 2.24) is 10.3 Å². The number of benzene rings is 1. The summed E-state index contributed by atoms with van der Waals surface area (Å²) in [4.78, 5) is 27.1. The van der Waals surface area contributed by atoms with E-state index in [-0.39, 0.29) is 23.6 Å². The van der Waals surface area contributed by atoms with Crippen LogP contribution in [-0.2, 0) is 22.4 Å². The third kappa shape index (κ3) is 5.27. The van der Waals surface area contributed by atoms with E-state index in [2.05, 4.69) is 10.3 Å². The molecule has 0 aliphatic rings. The van der Waals surface area contributed by atoms with Crippen LogP contribution in [0.5, 0.6) is 0 Å². The van der Waals surface area contributed by atoms with Crippen molar-refractivity contribution in [2.75, 3.05) is 0 Å². The maximum atomic E-state index is 13.1. The van der Waals surface area contributed by atoms with E-state index in [1.165, 1.54) is 12.3 Å². The Kier molecular flexibility index (Phi) is 5.81. The van der Waals surface area contributed by atoms with Gasteiger partial charge in [0.2, 0.25) is 5.91 Å². The smallest absolute Gasteiger partial charge is 0.326 e. The Morgan fingerprint density at radius 3 is 2.38 bits per heavy atom. The van der Waals surface area contributed by atoms with Gasteiger partial charge >= 0.3 is 5.97 Å². The quantitative estimate of drug-likeness (QED) is 0.781. The summed E-state index contributed by atoms with van der Waals surface area (Å²) in [5, 5.41) is 11.8. The van der Waals surface area contributed by atoms with E-state index in [9.17, 15) is 23.5 Å². The highest BCUT2D eigenvalue weighted by molar-refractivity contribution is 6.29. The van der Waals surface area contributed by atoms with Crippen LogP contribution in [0.4, 0.5) is 8.78 Å². The second kappa shape index (κ2) is 7.83. The fourth-order valence-electron chi connectivity index (χ4n) is 2.11. The summed E-state index contributed by atoms with van der Waals surface area (Å²) in [7, 11) is 0. The Bertz CT molecular complexity index is 733. The third-order valence-electron chi connectivity index (χ3n) is 3.15. The largest absolute Gasteiger partial charge is 0.480 e. The molecule has 0 saturated heterocycles. The topological polar surface area (TPSA) is 79.3 Å². The number of pyridine rings is 1. The van der Waals surface area contributed by atoms with Crippen LogP contribution in [0.2, 0.25) is 5.15 Å². The second-order valence-electron chi connectivity index (χ2n) is 5.11. The Balaban J connectivity index is 2.02. The van der Waals surface area contributed by atoms with Gasteiger partial charge in [0.1, 0.15) is 22.8 Å². The van der Waals surface area contributed by atoms with Gasteiger partial charge in [0, 0.05) is 18.7 Å². The minimum Gasteiger partial charge on any atom is -0.480 e. The van der Waals surface area contributed by atoms with Gasteiger partial charge in [-0.2, -0.15) is 0 Å². The molecule has 1 aromatic carbocycles. The molecule has 0 unspecified atom stereocenters. The van der Waals surface area contributed by atoms with Crippen LogP contribution in [0, 0.1) is 11.6 Å². The first-order valence-electron chi connectivity index (χ1n) is 6.91. The molecule has 2 rings (SSSR count). The van der Waals surface area contributed by atoms with E-state index < -0.39 is 29.6 Å². The van der Waals surface area contributed by atoms with Gasteiger partial charge in [0.25, 0.3) is 0 Å². The number of carbonyl (C=O) groups excluding carboxylic acids is 1. The molecule has 24 heavy (non-hydrogen) atoms. The predicted molar refractivity (Wildman–Crippen MR) is 82.6 cm³/mol. The van der Waals surface area contributed by atoms with Gasteiger partial charge < -0.3 is 10.4 Å². The normalized spacial score (nSPS) is 11.8. The SMILES string of the molecule is O=C(Cc1cc(F)cc(F)c1)N[C@H](Cc1ccc(Cl)nc1)C(=O)O. The van der Waals surface area contributed by atoms with Crippen LogP contribution in [0.25, 0.3) is 0 Å². The highest BCUT2D eigenvalue weighted by Gasteiger charge is 2.21. The molecular formula is C16H13ClF2N2O3. The van der Waals surface area contributed by atoms with E-state index >= 15 is 0 Å². The first-order chi connectivity index (χ1) is 11.3. The number of carboxylic acid groups (broad SMARTS) is 1. The number of aliphatic carboxylic acids is 1. The standard InChI is InChI=1S/C16H13ClF2N2O3/c17-14-2-1-9(8-20-14)5-13(16(23)24)21-15(22)6-10-3-11(18)7-12(19)4-10/h1-4,7-8,13H,5-6H2,(H,21,22)(H,23,24)/t13-/m1/s1. The first-order valence-corrected chi connectivity index (χ1v) is 7.29. The molecule has 0 aliphatic carbocycles. The van der Waals surface area contributed by atoms with Gasteiger partial charge in [-0.1, -0.05) is 17.7 Å². The minimum atomic E-state index is -1.23. The van der Waals surface area contributed by atoms with E-state index in [0.29, 0.717) is 11.6 Å². The molecule has 8 heteroatoms. The molecule has 1 heterocycles. The predicted octanol–water partition coefficient (Wildman–Crippen LogP) is 2.37. The molecule has 1 atom stereocenters. The summed E-state index contributed by atoms with van der Waals surface area (Å²) in [5.41, 5.74) is 0.686. The maximum absolute atomic E-state index is 13.1. The lowest BCUT2D eigenvalue weighted by Crippen LogP contribution is -2.43. The number of halogens is 3. The number of hydrogen-bond donors (Lipinski definition) is 2. The lowest BCUT2D eigenvalue weighted by atomic mass is 10.1. The molecule has 0 bridgehead atoms. The number of aromatic nitrogens is 1. The highest BCUT2D eigenvalue weighted by atomic mass is 35.5. The molecule has 126 valence electrons. The van der Waals surface area contributed by atoms with Crippen molar-refractivity contribution in [2.24, 2.45) is 0 Å². The summed E-state index contributed by atoms with van der Waals surface area (Å²) in [5.74, 6) is -3.50. The van der Waals surface area contributed by atoms with Gasteiger partial charge in [-0.3, -0.25) is 4.79 Å². The number of carbonyl (C=O) groups is 2. The van der Waals surface area contributed by atoms with Gasteiger partial charge in [-0.15, -0.1) is 0 Å². The highest BCUT2D eigenvalue weighted by Crippen LogP contribution is 2.10. The number of nitrogens with zero attached hydrogens (tertiary/aromatic N) is 1. The van der Waals surface area contributed by atoms with Crippen molar-refractivity contribution < 1.29 is 23.5 Å². The van der Waals surface area contributed by atoms with Crippen LogP contribution in [-0.4, -0.2) is 28.0 Å². The van der Waals surface area contributed by atoms with Gasteiger partial charge in [-0.05, 0) is 29.3 Å². The van der Waals surface area contributed by atoms with Gasteiger partial charge in [0.05, 0.1) is 6.42 Å². The Hall–Kier alpha value is -2.54. The molecule has 0 spiro atoms. The number of rotatable bonds is 6. The summed E-state index contributed by atoms with van der Waals surface area (Å²) in [6.07, 6.45) is 1.08. The van der Waals surface area contributed by atoms with Crippen molar-refractivity contribution in [3.8, 4) is 0 Å². The van der Waals surface area contributed by atoms with Crippen molar-refractivity contribution in [2.45, 2.75) is 18.9 Å². The summed E-state index contributed by atoms with van der Waals surface area (Å²) in [6, 6.07) is 4.63. The van der Waals surface area contributed by atoms with E-state index in [1.54, 1.807) is 6.07 Å². The van der Waals surface area contributed by atoms with Crippen molar-refractivity contribution >= 4 is 23.5 Å². The van der Waals surface area contributed by atoms with Gasteiger partial charge in [0.15, 0.2) is 0 Å². The zero-order valence-electron chi connectivity index (χ0n) is 12.3. The van der Waals surface area contributed by atoms with Crippen LogP contribution in [0.3, 0.4) is 0 Å². The lowest BCUT2D eigenvalue weighted by Gasteiger charge is -2.14. The summed E-state index contributed by atoms with van der Waals surface area (Å²) >= 11 is 5.65. The molecule has 0 saturated carbocycles. The van der Waals surface area contributed by atoms with Gasteiger partial charge in [-0.25, -0.2) is 18.6 Å². The maximum Gasteiger partial charge on any atom is 0.326 e. The van der Waals surface area contributed by atoms with Crippen LogP contribution in [0.15, 0.2) is 36.5 Å². The number of carboxylic acids is 1. The van der Waals surface area contributed by atoms with Crippen molar-refractivity contribution in [3.63, 3.8) is 0 Å². The first kappa shape index (κ1) is 17.8. The van der Waals surface area contributed by atoms with Crippen molar-refractivity contribution in [3.05, 3.63) is 64.4 Å². The Labute approximate surface area is 141 Å². The molecule has 2 N–H and O–H groups in total. The number of hydrogen-bond acceptors (Lipinski definition) is 3. The Morgan fingerprint density at radius 1 is 1.17 bits per heavy atom. The zero-order valence-corrected chi connectivity index (χ0v) is 13.1. The summed E-state index contributed by atoms with van der Waals surface area (Å²) < 4.78 is 26.2. The fourth-order valence-corrected chi connectivity index (χ4v) is 2.22. The van der Waals surface area contributed by atoms with Crippen LogP contribution >= 0.6 is 11.6 Å². The molecule has 0 radical (unpaired) electrons. The van der Waals surface area contributed by atoms with E-state index in [1.807, 2.05) is 0 Å². The van der Waals surface area contributed by atoms with Crippen LogP contribution < -0.4 is 5.32 Å². The number of nitrogens with one attached hydrogen (secondary N) is 1. The third-order valence-corrected chi connectivity index (χ3v) is 3.37. The lowest BCUT2D eigenvalue weighted by molar-refractivity contribution is -0.141. The molecule has 5 nitrogen and oxygen atoms in total. The second-order valence-corrected chi connectivity index (χ2v) is 5.49.